The summed E-state index contributed by atoms with van der Waals surface area (Å²) in [6, 6.07) is 3.81. The Balaban J connectivity index is 2.48. The Kier molecular flexibility index (Phi) is 6.42. The van der Waals surface area contributed by atoms with Crippen LogP contribution in [0, 0.1) is 6.92 Å². The Morgan fingerprint density at radius 3 is 2.67 bits per heavy atom. The van der Waals surface area contributed by atoms with Crippen molar-refractivity contribution in [1.82, 2.24) is 0 Å². The van der Waals surface area contributed by atoms with E-state index < -0.39 is 16.0 Å². The van der Waals surface area contributed by atoms with Gasteiger partial charge in [0.25, 0.3) is 0 Å². The zero-order chi connectivity index (χ0) is 17.7. The predicted molar refractivity (Wildman–Crippen MR) is 101 cm³/mol. The van der Waals surface area contributed by atoms with Crippen LogP contribution in [0.25, 0.3) is 10.4 Å². The molecule has 0 unspecified atom stereocenters. The van der Waals surface area contributed by atoms with Gasteiger partial charge in [0.05, 0.1) is 12.4 Å². The van der Waals surface area contributed by atoms with E-state index in [9.17, 15) is 13.2 Å². The minimum absolute atomic E-state index is 0.0387. The molecule has 0 bridgehead atoms. The highest BCUT2D eigenvalue weighted by Gasteiger charge is 2.27. The van der Waals surface area contributed by atoms with Crippen LogP contribution < -0.4 is 4.72 Å². The Morgan fingerprint density at radius 2 is 2.08 bits per heavy atom. The van der Waals surface area contributed by atoms with E-state index in [-0.39, 0.29) is 12.4 Å². The lowest BCUT2D eigenvalue weighted by Gasteiger charge is -2.09. The average molecular weight is 388 g/mol. The van der Waals surface area contributed by atoms with Crippen LogP contribution in [0.1, 0.15) is 41.9 Å². The number of hydrogen-bond donors (Lipinski definition) is 1. The highest BCUT2D eigenvalue weighted by atomic mass is 32.2. The van der Waals surface area contributed by atoms with Crippen LogP contribution in [0.3, 0.4) is 0 Å². The summed E-state index contributed by atoms with van der Waals surface area (Å²) in [5.41, 5.74) is 1.06. The Morgan fingerprint density at radius 1 is 1.33 bits per heavy atom. The number of carbonyl (C=O) groups is 1. The van der Waals surface area contributed by atoms with Crippen molar-refractivity contribution in [2.45, 2.75) is 33.6 Å². The first-order chi connectivity index (χ1) is 11.4. The van der Waals surface area contributed by atoms with Crippen molar-refractivity contribution in [3.63, 3.8) is 0 Å². The molecule has 24 heavy (non-hydrogen) atoms. The van der Waals surface area contributed by atoms with Crippen molar-refractivity contribution < 1.29 is 17.9 Å². The number of unbranched alkanes of at least 4 members (excludes halogenated alkanes) is 1. The minimum atomic E-state index is -3.48. The molecule has 0 aromatic carbocycles. The maximum absolute atomic E-state index is 12.4. The molecule has 0 aliphatic carbocycles. The van der Waals surface area contributed by atoms with Gasteiger partial charge in [-0.15, -0.1) is 22.7 Å². The summed E-state index contributed by atoms with van der Waals surface area (Å²) in [6.45, 7) is 5.78. The number of thiophene rings is 2. The van der Waals surface area contributed by atoms with Crippen molar-refractivity contribution in [2.75, 3.05) is 17.1 Å². The second kappa shape index (κ2) is 8.13. The average Bonchev–Trinajstić information content (AvgIpc) is 3.12. The third-order valence-corrected chi connectivity index (χ3v) is 6.72. The first-order valence-electron chi connectivity index (χ1n) is 7.74. The van der Waals surface area contributed by atoms with Crippen molar-refractivity contribution in [2.24, 2.45) is 0 Å². The van der Waals surface area contributed by atoms with Gasteiger partial charge in [0.1, 0.15) is 10.6 Å². The fraction of sp³-hybridized carbons (Fsp3) is 0.438. The Bertz CT molecular complexity index is 792. The van der Waals surface area contributed by atoms with Crippen molar-refractivity contribution in [1.29, 1.82) is 0 Å². The smallest absolute Gasteiger partial charge is 0.341 e. The molecule has 0 atom stereocenters. The molecule has 0 radical (unpaired) electrons. The molecule has 8 heteroatoms. The number of anilines is 1. The lowest BCUT2D eigenvalue weighted by atomic mass is 10.1. The summed E-state index contributed by atoms with van der Waals surface area (Å²) in [5.74, 6) is -0.463. The van der Waals surface area contributed by atoms with Crippen LogP contribution in [0.2, 0.25) is 0 Å². The number of ether oxygens (including phenoxy) is 1. The van der Waals surface area contributed by atoms with Gasteiger partial charge in [0, 0.05) is 15.3 Å². The fourth-order valence-corrected chi connectivity index (χ4v) is 5.77. The van der Waals surface area contributed by atoms with Crippen molar-refractivity contribution >= 4 is 43.7 Å². The van der Waals surface area contributed by atoms with Crippen LogP contribution in [0.5, 0.6) is 0 Å². The summed E-state index contributed by atoms with van der Waals surface area (Å²) < 4.78 is 32.2. The van der Waals surface area contributed by atoms with Crippen LogP contribution in [-0.2, 0) is 14.8 Å². The summed E-state index contributed by atoms with van der Waals surface area (Å²) in [4.78, 5) is 14.3. The highest BCUT2D eigenvalue weighted by Crippen LogP contribution is 2.42. The number of hydrogen-bond acceptors (Lipinski definition) is 6. The molecule has 132 valence electrons. The number of aryl methyl sites for hydroxylation is 1. The molecule has 0 saturated heterocycles. The van der Waals surface area contributed by atoms with E-state index in [2.05, 4.69) is 4.72 Å². The minimum Gasteiger partial charge on any atom is -0.462 e. The number of esters is 1. The molecular formula is C16H21NO4S3. The maximum atomic E-state index is 12.4. The predicted octanol–water partition coefficient (Wildman–Crippen LogP) is 4.50. The molecular weight excluding hydrogens is 366 g/mol. The summed E-state index contributed by atoms with van der Waals surface area (Å²) in [5, 5.41) is 2.26. The van der Waals surface area contributed by atoms with Crippen LogP contribution in [-0.4, -0.2) is 26.7 Å². The van der Waals surface area contributed by atoms with Crippen LogP contribution in [0.15, 0.2) is 17.5 Å². The molecule has 2 aromatic rings. The Labute approximate surface area is 150 Å². The largest absolute Gasteiger partial charge is 0.462 e. The molecule has 0 spiro atoms. The lowest BCUT2D eigenvalue weighted by molar-refractivity contribution is 0.0529. The first kappa shape index (κ1) is 19.0. The first-order valence-corrected chi connectivity index (χ1v) is 11.1. The zero-order valence-corrected chi connectivity index (χ0v) is 16.4. The molecule has 2 rings (SSSR count). The summed E-state index contributed by atoms with van der Waals surface area (Å²) in [7, 11) is -3.48. The molecule has 2 aromatic heterocycles. The monoisotopic (exact) mass is 387 g/mol. The third-order valence-electron chi connectivity index (χ3n) is 3.35. The van der Waals surface area contributed by atoms with E-state index >= 15 is 0 Å². The van der Waals surface area contributed by atoms with Gasteiger partial charge in [-0.25, -0.2) is 13.2 Å². The Hall–Kier alpha value is -1.38. The lowest BCUT2D eigenvalue weighted by Crippen LogP contribution is -2.18. The standard InChI is InChI=1S/C16H21NO4S3/c1-4-6-10-24(19,20)17-15-14(16(18)21-5-2)13(11(3)23-15)12-8-7-9-22-12/h7-9,17H,4-6,10H2,1-3H3. The summed E-state index contributed by atoms with van der Waals surface area (Å²) in [6.07, 6.45) is 1.36. The van der Waals surface area contributed by atoms with Gasteiger partial charge < -0.3 is 4.74 Å². The number of rotatable bonds is 8. The SMILES string of the molecule is CCCCS(=O)(=O)Nc1sc(C)c(-c2cccs2)c1C(=O)OCC. The quantitative estimate of drug-likeness (QED) is 0.677. The van der Waals surface area contributed by atoms with E-state index in [0.29, 0.717) is 17.0 Å². The zero-order valence-electron chi connectivity index (χ0n) is 13.9. The van der Waals surface area contributed by atoms with Gasteiger partial charge in [-0.05, 0) is 31.7 Å². The van der Waals surface area contributed by atoms with E-state index in [4.69, 9.17) is 4.74 Å². The van der Waals surface area contributed by atoms with Gasteiger partial charge in [-0.2, -0.15) is 0 Å². The molecule has 5 nitrogen and oxygen atoms in total. The van der Waals surface area contributed by atoms with Crippen molar-refractivity contribution in [3.8, 4) is 10.4 Å². The second-order valence-electron chi connectivity index (χ2n) is 5.21. The number of carbonyl (C=O) groups excluding carboxylic acids is 1. The summed E-state index contributed by atoms with van der Waals surface area (Å²) >= 11 is 2.78. The van der Waals surface area contributed by atoms with E-state index in [0.717, 1.165) is 21.7 Å². The van der Waals surface area contributed by atoms with Crippen molar-refractivity contribution in [3.05, 3.63) is 28.0 Å². The highest BCUT2D eigenvalue weighted by molar-refractivity contribution is 7.92. The van der Waals surface area contributed by atoms with E-state index in [1.165, 1.54) is 22.7 Å². The topological polar surface area (TPSA) is 72.5 Å². The molecule has 0 aliphatic heterocycles. The van der Waals surface area contributed by atoms with Crippen LogP contribution in [0.4, 0.5) is 5.00 Å². The molecule has 0 aliphatic rings. The normalized spacial score (nSPS) is 11.5. The van der Waals surface area contributed by atoms with Gasteiger partial charge in [-0.3, -0.25) is 4.72 Å². The van der Waals surface area contributed by atoms with Crippen LogP contribution >= 0.6 is 22.7 Å². The third kappa shape index (κ3) is 4.37. The molecule has 0 amide bonds. The molecule has 1 N–H and O–H groups in total. The van der Waals surface area contributed by atoms with Gasteiger partial charge in [0.15, 0.2) is 0 Å². The van der Waals surface area contributed by atoms with Gasteiger partial charge >= 0.3 is 5.97 Å². The van der Waals surface area contributed by atoms with Gasteiger partial charge in [0.2, 0.25) is 10.0 Å². The van der Waals surface area contributed by atoms with Gasteiger partial charge in [-0.1, -0.05) is 19.4 Å². The molecule has 2 heterocycles. The second-order valence-corrected chi connectivity index (χ2v) is 9.22. The van der Waals surface area contributed by atoms with E-state index in [1.54, 1.807) is 6.92 Å². The molecule has 0 fully saturated rings. The number of nitrogens with one attached hydrogen (secondary N) is 1. The maximum Gasteiger partial charge on any atom is 0.341 e. The molecule has 0 saturated carbocycles. The number of sulfonamides is 1. The van der Waals surface area contributed by atoms with E-state index in [1.807, 2.05) is 31.4 Å². The fourth-order valence-electron chi connectivity index (χ4n) is 2.26.